The minimum absolute atomic E-state index is 0.00373. The fraction of sp³-hybridized carbons (Fsp3) is 0.400. The van der Waals surface area contributed by atoms with Crippen LogP contribution >= 0.6 is 0 Å². The summed E-state index contributed by atoms with van der Waals surface area (Å²) >= 11 is 0. The Balaban J connectivity index is 2.48. The topological polar surface area (TPSA) is 72.2 Å². The number of imidazole rings is 1. The molecule has 1 heterocycles. The number of aryl methyl sites for hydroxylation is 2. The number of hydrogen-bond acceptors (Lipinski definition) is 3. The predicted octanol–water partition coefficient (Wildman–Crippen LogP) is 2.67. The van der Waals surface area contributed by atoms with Gasteiger partial charge in [-0.3, -0.25) is 9.59 Å². The molecule has 0 fully saturated rings. The number of ketones is 1. The van der Waals surface area contributed by atoms with Crippen molar-refractivity contribution in [2.75, 3.05) is 0 Å². The lowest BCUT2D eigenvalue weighted by Crippen LogP contribution is -2.08. The van der Waals surface area contributed by atoms with Gasteiger partial charge in [-0.25, -0.2) is 4.98 Å². The summed E-state index contributed by atoms with van der Waals surface area (Å²) in [5, 5.41) is 8.84. The summed E-state index contributed by atoms with van der Waals surface area (Å²) in [4.78, 5) is 26.7. The third-order valence-corrected chi connectivity index (χ3v) is 3.26. The molecule has 2 rings (SSSR count). The van der Waals surface area contributed by atoms with Crippen molar-refractivity contribution in [2.24, 2.45) is 0 Å². The second-order valence-electron chi connectivity index (χ2n) is 4.83. The molecule has 0 radical (unpaired) electrons. The number of carboxylic acids is 1. The summed E-state index contributed by atoms with van der Waals surface area (Å²) in [5.74, 6) is 0.0585. The van der Waals surface area contributed by atoms with Gasteiger partial charge in [-0.2, -0.15) is 0 Å². The van der Waals surface area contributed by atoms with Gasteiger partial charge in [0.1, 0.15) is 5.82 Å². The highest BCUT2D eigenvalue weighted by Gasteiger charge is 2.12. The number of carbonyl (C=O) groups excluding carboxylic acids is 1. The highest BCUT2D eigenvalue weighted by molar-refractivity contribution is 5.97. The fourth-order valence-electron chi connectivity index (χ4n) is 2.27. The van der Waals surface area contributed by atoms with Gasteiger partial charge in [-0.05, 0) is 31.5 Å². The van der Waals surface area contributed by atoms with Gasteiger partial charge >= 0.3 is 5.97 Å². The molecule has 2 aromatic rings. The number of hydrogen-bond donors (Lipinski definition) is 1. The van der Waals surface area contributed by atoms with E-state index in [9.17, 15) is 9.59 Å². The number of aliphatic carboxylic acids is 1. The lowest BCUT2D eigenvalue weighted by atomic mass is 10.1. The quantitative estimate of drug-likeness (QED) is 0.822. The lowest BCUT2D eigenvalue weighted by molar-refractivity contribution is -0.137. The minimum atomic E-state index is -0.824. The number of carbonyl (C=O) groups is 2. The van der Waals surface area contributed by atoms with E-state index in [0.29, 0.717) is 12.1 Å². The van der Waals surface area contributed by atoms with Crippen molar-refractivity contribution < 1.29 is 14.7 Å². The second kappa shape index (κ2) is 5.86. The first-order valence-corrected chi connectivity index (χ1v) is 6.74. The van der Waals surface area contributed by atoms with Gasteiger partial charge in [0.25, 0.3) is 0 Å². The van der Waals surface area contributed by atoms with E-state index in [-0.39, 0.29) is 12.2 Å². The van der Waals surface area contributed by atoms with E-state index >= 15 is 0 Å². The maximum absolute atomic E-state index is 11.4. The van der Waals surface area contributed by atoms with Gasteiger partial charge in [0.15, 0.2) is 5.78 Å². The van der Waals surface area contributed by atoms with E-state index in [1.54, 1.807) is 12.1 Å². The van der Waals surface area contributed by atoms with Crippen molar-refractivity contribution in [3.63, 3.8) is 0 Å². The molecule has 5 nitrogen and oxygen atoms in total. The third kappa shape index (κ3) is 2.87. The first-order chi connectivity index (χ1) is 9.52. The fourth-order valence-corrected chi connectivity index (χ4v) is 2.27. The molecule has 0 aliphatic rings. The van der Waals surface area contributed by atoms with E-state index in [1.807, 2.05) is 10.6 Å². The first kappa shape index (κ1) is 14.2. The first-order valence-electron chi connectivity index (χ1n) is 6.74. The Morgan fingerprint density at radius 1 is 1.35 bits per heavy atom. The van der Waals surface area contributed by atoms with Crippen LogP contribution in [-0.2, 0) is 17.8 Å². The van der Waals surface area contributed by atoms with Crippen LogP contribution in [0.2, 0.25) is 0 Å². The van der Waals surface area contributed by atoms with E-state index < -0.39 is 5.97 Å². The van der Waals surface area contributed by atoms with E-state index in [4.69, 9.17) is 5.11 Å². The third-order valence-electron chi connectivity index (χ3n) is 3.26. The summed E-state index contributed by atoms with van der Waals surface area (Å²) in [6, 6.07) is 5.38. The zero-order valence-electron chi connectivity index (χ0n) is 11.7. The van der Waals surface area contributed by atoms with E-state index in [0.717, 1.165) is 29.7 Å². The Hall–Kier alpha value is -2.17. The standard InChI is InChI=1S/C15H18N2O3/c1-3-4-14-16-12-9-11(10(2)18)5-6-13(12)17(14)8-7-15(19)20/h5-6,9H,3-4,7-8H2,1-2H3,(H,19,20). The zero-order valence-corrected chi connectivity index (χ0v) is 11.7. The van der Waals surface area contributed by atoms with Crippen molar-refractivity contribution in [3.8, 4) is 0 Å². The molecule has 0 saturated heterocycles. The zero-order chi connectivity index (χ0) is 14.7. The molecule has 0 bridgehead atoms. The molecule has 0 aliphatic heterocycles. The van der Waals surface area contributed by atoms with Crippen LogP contribution in [-0.4, -0.2) is 26.4 Å². The van der Waals surface area contributed by atoms with Crippen molar-refractivity contribution in [3.05, 3.63) is 29.6 Å². The van der Waals surface area contributed by atoms with Crippen LogP contribution in [0.5, 0.6) is 0 Å². The van der Waals surface area contributed by atoms with Gasteiger partial charge in [0.2, 0.25) is 0 Å². The van der Waals surface area contributed by atoms with Crippen molar-refractivity contribution in [2.45, 2.75) is 39.7 Å². The average Bonchev–Trinajstić information content (AvgIpc) is 2.73. The number of rotatable bonds is 6. The number of aromatic nitrogens is 2. The molecule has 0 amide bonds. The monoisotopic (exact) mass is 274 g/mol. The number of nitrogens with zero attached hydrogens (tertiary/aromatic N) is 2. The predicted molar refractivity (Wildman–Crippen MR) is 76.0 cm³/mol. The van der Waals surface area contributed by atoms with Gasteiger partial charge < -0.3 is 9.67 Å². The molecular weight excluding hydrogens is 256 g/mol. The maximum atomic E-state index is 11.4. The number of carboxylic acid groups (broad SMARTS) is 1. The lowest BCUT2D eigenvalue weighted by Gasteiger charge is -2.07. The molecule has 106 valence electrons. The van der Waals surface area contributed by atoms with Crippen molar-refractivity contribution >= 4 is 22.8 Å². The Bertz CT molecular complexity index is 658. The Morgan fingerprint density at radius 2 is 2.10 bits per heavy atom. The minimum Gasteiger partial charge on any atom is -0.481 e. The highest BCUT2D eigenvalue weighted by atomic mass is 16.4. The molecule has 20 heavy (non-hydrogen) atoms. The molecule has 1 aromatic carbocycles. The average molecular weight is 274 g/mol. The van der Waals surface area contributed by atoms with Crippen molar-refractivity contribution in [1.29, 1.82) is 0 Å². The Labute approximate surface area is 117 Å². The van der Waals surface area contributed by atoms with Crippen molar-refractivity contribution in [1.82, 2.24) is 9.55 Å². The van der Waals surface area contributed by atoms with Gasteiger partial charge in [-0.1, -0.05) is 6.92 Å². The summed E-state index contributed by atoms with van der Waals surface area (Å²) in [6.07, 6.45) is 1.80. The van der Waals surface area contributed by atoms with Crippen LogP contribution in [0, 0.1) is 0 Å². The molecule has 0 unspecified atom stereocenters. The smallest absolute Gasteiger partial charge is 0.305 e. The van der Waals surface area contributed by atoms with Crippen LogP contribution in [0.15, 0.2) is 18.2 Å². The Kier molecular flexibility index (Phi) is 4.17. The molecular formula is C15H18N2O3. The van der Waals surface area contributed by atoms with Crippen LogP contribution < -0.4 is 0 Å². The highest BCUT2D eigenvalue weighted by Crippen LogP contribution is 2.20. The molecule has 0 saturated carbocycles. The summed E-state index contributed by atoms with van der Waals surface area (Å²) in [5.41, 5.74) is 2.27. The van der Waals surface area contributed by atoms with Crippen LogP contribution in [0.25, 0.3) is 11.0 Å². The van der Waals surface area contributed by atoms with Crippen LogP contribution in [0.3, 0.4) is 0 Å². The number of fused-ring (bicyclic) bond motifs is 1. The normalized spacial score (nSPS) is 10.9. The van der Waals surface area contributed by atoms with Gasteiger partial charge in [0, 0.05) is 18.5 Å². The molecule has 1 aromatic heterocycles. The van der Waals surface area contributed by atoms with Gasteiger partial charge in [0.05, 0.1) is 17.5 Å². The number of benzene rings is 1. The Morgan fingerprint density at radius 3 is 2.70 bits per heavy atom. The molecule has 0 aliphatic carbocycles. The van der Waals surface area contributed by atoms with Crippen LogP contribution in [0.1, 0.15) is 42.9 Å². The molecule has 5 heteroatoms. The summed E-state index contributed by atoms with van der Waals surface area (Å²) < 4.78 is 1.94. The molecule has 0 atom stereocenters. The SMILES string of the molecule is CCCc1nc2cc(C(C)=O)ccc2n1CCC(=O)O. The number of Topliss-reactive ketones (excluding diaryl/α,β-unsaturated/α-hetero) is 1. The molecule has 0 spiro atoms. The summed E-state index contributed by atoms with van der Waals surface area (Å²) in [6.45, 7) is 3.98. The van der Waals surface area contributed by atoms with E-state index in [2.05, 4.69) is 11.9 Å². The molecule has 1 N–H and O–H groups in total. The van der Waals surface area contributed by atoms with Gasteiger partial charge in [-0.15, -0.1) is 0 Å². The van der Waals surface area contributed by atoms with Crippen LogP contribution in [0.4, 0.5) is 0 Å². The largest absolute Gasteiger partial charge is 0.481 e. The van der Waals surface area contributed by atoms with E-state index in [1.165, 1.54) is 6.92 Å². The maximum Gasteiger partial charge on any atom is 0.305 e. The second-order valence-corrected chi connectivity index (χ2v) is 4.83. The summed E-state index contributed by atoms with van der Waals surface area (Å²) in [7, 11) is 0.